The highest BCUT2D eigenvalue weighted by molar-refractivity contribution is 8.23. The van der Waals surface area contributed by atoms with Crippen molar-refractivity contribution in [2.45, 2.75) is 35.2 Å². The average Bonchev–Trinajstić information content (AvgIpc) is 3.52. The van der Waals surface area contributed by atoms with Crippen LogP contribution in [0.1, 0.15) is 40.2 Å². The zero-order chi connectivity index (χ0) is 32.7. The lowest BCUT2D eigenvalue weighted by atomic mass is 9.97. The molecule has 18 heteroatoms. The number of aromatic nitrogens is 2. The van der Waals surface area contributed by atoms with Gasteiger partial charge >= 0.3 is 12.1 Å². The highest BCUT2D eigenvalue weighted by atomic mass is 32.3. The molecule has 3 aromatic carbocycles. The van der Waals surface area contributed by atoms with Crippen LogP contribution in [0.15, 0.2) is 71.6 Å². The number of halogens is 4. The first kappa shape index (κ1) is 31.9. The first-order valence-electron chi connectivity index (χ1n) is 12.7. The van der Waals surface area contributed by atoms with Gasteiger partial charge in [0.1, 0.15) is 22.9 Å². The summed E-state index contributed by atoms with van der Waals surface area (Å²) in [5.74, 6) is -4.87. The number of amides is 1. The second-order valence-electron chi connectivity index (χ2n) is 9.80. The maximum Gasteiger partial charge on any atom is 0.492 e. The monoisotopic (exact) mass is 667 g/mol. The summed E-state index contributed by atoms with van der Waals surface area (Å²) in [5, 5.41) is 8.66. The summed E-state index contributed by atoms with van der Waals surface area (Å²) >= 11 is 0. The Bertz CT molecular complexity index is 1930. The van der Waals surface area contributed by atoms with Gasteiger partial charge < -0.3 is 9.82 Å². The van der Waals surface area contributed by atoms with E-state index >= 15 is 0 Å². The summed E-state index contributed by atoms with van der Waals surface area (Å²) in [6.07, 6.45) is -6.54. The van der Waals surface area contributed by atoms with E-state index in [0.29, 0.717) is 11.6 Å². The molecule has 1 fully saturated rings. The Labute approximate surface area is 253 Å². The third kappa shape index (κ3) is 6.48. The van der Waals surface area contributed by atoms with Crippen LogP contribution >= 0.6 is 10.8 Å². The summed E-state index contributed by atoms with van der Waals surface area (Å²) in [6, 6.07) is 13.4. The topological polar surface area (TPSA) is 186 Å². The fourth-order valence-corrected chi connectivity index (χ4v) is 7.63. The summed E-state index contributed by atoms with van der Waals surface area (Å²) in [7, 11) is -8.88. The van der Waals surface area contributed by atoms with Crippen LogP contribution in [0.4, 0.5) is 17.6 Å². The molecule has 12 nitrogen and oxygen atoms in total. The van der Waals surface area contributed by atoms with Crippen molar-refractivity contribution in [2.75, 3.05) is 0 Å². The number of imidazole rings is 1. The molecule has 45 heavy (non-hydrogen) atoms. The van der Waals surface area contributed by atoms with Crippen LogP contribution in [0.25, 0.3) is 11.0 Å². The van der Waals surface area contributed by atoms with Gasteiger partial charge in [-0.2, -0.15) is 18.4 Å². The Morgan fingerprint density at radius 1 is 1.16 bits per heavy atom. The van der Waals surface area contributed by atoms with Crippen LogP contribution in [0.5, 0.6) is 0 Å². The van der Waals surface area contributed by atoms with Crippen LogP contribution in [0, 0.1) is 17.1 Å². The number of nitrogens with one attached hydrogen (secondary N) is 2. The molecular formula is C27H21F4N5O7S2. The van der Waals surface area contributed by atoms with E-state index in [9.17, 15) is 49.9 Å². The largest absolute Gasteiger partial charge is 0.492 e. The van der Waals surface area contributed by atoms with Crippen molar-refractivity contribution in [1.29, 1.82) is 5.26 Å². The number of para-hydroxylation sites is 2. The molecule has 4 N–H and O–H groups in total. The van der Waals surface area contributed by atoms with E-state index in [4.69, 9.17) is 0 Å². The molecule has 4 aromatic rings. The number of benzene rings is 3. The summed E-state index contributed by atoms with van der Waals surface area (Å²) in [4.78, 5) is 34.7. The number of hydrogen-bond acceptors (Lipinski definition) is 9. The van der Waals surface area contributed by atoms with Gasteiger partial charge in [-0.3, -0.25) is 18.6 Å². The smallest absolute Gasteiger partial charge is 0.344 e. The van der Waals surface area contributed by atoms with E-state index in [1.54, 1.807) is 18.2 Å². The lowest BCUT2D eigenvalue weighted by Gasteiger charge is -2.33. The first-order chi connectivity index (χ1) is 21.1. The molecule has 236 valence electrons. The van der Waals surface area contributed by atoms with Crippen molar-refractivity contribution in [3.8, 4) is 6.07 Å². The molecule has 1 aromatic heterocycles. The van der Waals surface area contributed by atoms with Crippen molar-refractivity contribution in [2.24, 2.45) is 0 Å². The second kappa shape index (κ2) is 11.8. The second-order valence-corrected chi connectivity index (χ2v) is 13.5. The summed E-state index contributed by atoms with van der Waals surface area (Å²) < 4.78 is 104. The van der Waals surface area contributed by atoms with Gasteiger partial charge in [0, 0.05) is 0 Å². The number of hydrogen-bond donors (Lipinski definition) is 4. The highest BCUT2D eigenvalue weighted by Gasteiger charge is 2.47. The normalized spacial score (nSPS) is 17.9. The average molecular weight is 668 g/mol. The van der Waals surface area contributed by atoms with Gasteiger partial charge in [-0.15, -0.1) is 10.8 Å². The number of aromatic amines is 1. The number of nitriles is 1. The van der Waals surface area contributed by atoms with Crippen LogP contribution < -0.4 is 4.72 Å². The maximum atomic E-state index is 14.1. The molecule has 1 amide bonds. The van der Waals surface area contributed by atoms with Gasteiger partial charge in [0.2, 0.25) is 5.91 Å². The first-order valence-corrected chi connectivity index (χ1v) is 15.8. The number of nitrogens with zero attached hydrogens (tertiary/aromatic N) is 3. The van der Waals surface area contributed by atoms with Crippen LogP contribution in [0.3, 0.4) is 0 Å². The zero-order valence-corrected chi connectivity index (χ0v) is 24.2. The standard InChI is InChI=1S/C27H21F4N5O7S2/c28-17-4-3-5-18(12-17)45(41,42)36(43-26(38)27(29,30)31)22(25-33-20-6-1-2-7-21(20)34-25)11-15-8-9-19(16(10-15)14-32)23-13-24(37)35-44(23,39)40/h1-10,12,22-23,39-40H,11,13H2,(H,33,34)(H,35,37)/t22-,23?/m0/s1. The van der Waals surface area contributed by atoms with Crippen molar-refractivity contribution >= 4 is 43.7 Å². The van der Waals surface area contributed by atoms with Crippen molar-refractivity contribution in [3.63, 3.8) is 0 Å². The minimum absolute atomic E-state index is 0.0765. The van der Waals surface area contributed by atoms with Crippen molar-refractivity contribution < 1.29 is 49.5 Å². The van der Waals surface area contributed by atoms with Gasteiger partial charge in [-0.25, -0.2) is 22.6 Å². The molecule has 0 aliphatic carbocycles. The molecular weight excluding hydrogens is 646 g/mol. The van der Waals surface area contributed by atoms with Gasteiger partial charge in [0.25, 0.3) is 10.0 Å². The third-order valence-corrected chi connectivity index (χ3v) is 10.2. The minimum Gasteiger partial charge on any atom is -0.344 e. The number of carbonyl (C=O) groups excluding carboxylic acids is 2. The van der Waals surface area contributed by atoms with Crippen molar-refractivity contribution in [3.05, 3.63) is 95.1 Å². The Morgan fingerprint density at radius 3 is 2.51 bits per heavy atom. The highest BCUT2D eigenvalue weighted by Crippen LogP contribution is 2.56. The number of H-pyrrole nitrogens is 1. The lowest BCUT2D eigenvalue weighted by molar-refractivity contribution is -0.227. The number of sulfonamides is 1. The fraction of sp³-hybridized carbons (Fsp3) is 0.185. The molecule has 1 unspecified atom stereocenters. The Hall–Kier alpha value is -4.54. The molecule has 0 bridgehead atoms. The zero-order valence-electron chi connectivity index (χ0n) is 22.5. The molecule has 1 saturated heterocycles. The van der Waals surface area contributed by atoms with E-state index in [-0.39, 0.29) is 38.9 Å². The van der Waals surface area contributed by atoms with Gasteiger partial charge in [0.05, 0.1) is 34.0 Å². The molecule has 1 aliphatic rings. The fourth-order valence-electron chi connectivity index (χ4n) is 4.73. The number of carbonyl (C=O) groups is 2. The third-order valence-electron chi connectivity index (χ3n) is 6.76. The van der Waals surface area contributed by atoms with E-state index < -0.39 is 67.3 Å². The molecule has 0 saturated carbocycles. The maximum absolute atomic E-state index is 14.1. The molecule has 2 atom stereocenters. The quantitative estimate of drug-likeness (QED) is 0.151. The molecule has 0 spiro atoms. The van der Waals surface area contributed by atoms with E-state index in [1.165, 1.54) is 24.3 Å². The van der Waals surface area contributed by atoms with Gasteiger partial charge in [-0.05, 0) is 58.4 Å². The number of fused-ring (bicyclic) bond motifs is 1. The predicted molar refractivity (Wildman–Crippen MR) is 150 cm³/mol. The summed E-state index contributed by atoms with van der Waals surface area (Å²) in [5.41, 5.74) is 0.660. The Morgan fingerprint density at radius 2 is 1.89 bits per heavy atom. The lowest BCUT2D eigenvalue weighted by Crippen LogP contribution is -2.42. The van der Waals surface area contributed by atoms with Gasteiger partial charge in [-0.1, -0.05) is 30.3 Å². The van der Waals surface area contributed by atoms with Crippen LogP contribution in [-0.4, -0.2) is 50.0 Å². The van der Waals surface area contributed by atoms with E-state index in [2.05, 4.69) is 14.8 Å². The molecule has 0 radical (unpaired) electrons. The SMILES string of the molecule is N#Cc1cc(C[C@@H](c2nc3ccccc3[nH]2)N(OC(=O)C(F)(F)F)S(=O)(=O)c2cccc(F)c2)ccc1C1CC(=O)NS1(O)O. The Kier molecular flexibility index (Phi) is 8.33. The number of rotatable bonds is 8. The van der Waals surface area contributed by atoms with E-state index in [0.717, 1.165) is 18.2 Å². The molecule has 2 heterocycles. The van der Waals surface area contributed by atoms with Crippen LogP contribution in [0.2, 0.25) is 0 Å². The summed E-state index contributed by atoms with van der Waals surface area (Å²) in [6.45, 7) is 0. The number of hydroxylamine groups is 1. The minimum atomic E-state index is -5.64. The Balaban J connectivity index is 1.65. The van der Waals surface area contributed by atoms with Crippen LogP contribution in [-0.2, 0) is 30.9 Å². The van der Waals surface area contributed by atoms with Crippen molar-refractivity contribution in [1.82, 2.24) is 19.2 Å². The molecule has 1 aliphatic heterocycles. The van der Waals surface area contributed by atoms with Gasteiger partial charge in [0.15, 0.2) is 0 Å². The molecule has 5 rings (SSSR count). The predicted octanol–water partition coefficient (Wildman–Crippen LogP) is 4.80. The number of alkyl halides is 3. The van der Waals surface area contributed by atoms with E-state index in [1.807, 2.05) is 10.8 Å².